The number of carbonyl (C=O) groups excluding carboxylic acids is 1. The predicted molar refractivity (Wildman–Crippen MR) is 69.4 cm³/mol. The lowest BCUT2D eigenvalue weighted by molar-refractivity contribution is 0.0955. The molecule has 1 amide bonds. The third-order valence-corrected chi connectivity index (χ3v) is 2.75. The zero-order valence-corrected chi connectivity index (χ0v) is 10.1. The molecule has 0 spiro atoms. The van der Waals surface area contributed by atoms with Crippen LogP contribution in [0.15, 0.2) is 36.5 Å². The minimum Gasteiger partial charge on any atom is -0.352 e. The number of nitrogens with zero attached hydrogens (tertiary/aromatic N) is 1. The number of rotatable bonds is 4. The largest absolute Gasteiger partial charge is 0.352 e. The molecule has 88 valence electrons. The topological polar surface area (TPSA) is 42.0 Å². The van der Waals surface area contributed by atoms with E-state index in [-0.39, 0.29) is 5.91 Å². The quantitative estimate of drug-likeness (QED) is 0.668. The second-order valence-corrected chi connectivity index (χ2v) is 4.05. The average Bonchev–Trinajstić information content (AvgIpc) is 2.38. The van der Waals surface area contributed by atoms with Gasteiger partial charge in [-0.3, -0.25) is 9.78 Å². The van der Waals surface area contributed by atoms with Crippen LogP contribution in [-0.2, 0) is 0 Å². The monoisotopic (exact) mass is 248 g/mol. The van der Waals surface area contributed by atoms with Gasteiger partial charge in [-0.2, -0.15) is 0 Å². The lowest BCUT2D eigenvalue weighted by atomic mass is 10.1. The van der Waals surface area contributed by atoms with E-state index in [2.05, 4.69) is 10.3 Å². The Morgan fingerprint density at radius 2 is 2.18 bits per heavy atom. The zero-order valence-electron chi connectivity index (χ0n) is 9.32. The van der Waals surface area contributed by atoms with Gasteiger partial charge in [0.15, 0.2) is 0 Å². The molecule has 2 aromatic rings. The summed E-state index contributed by atoms with van der Waals surface area (Å²) in [6.45, 7) is 0.596. The summed E-state index contributed by atoms with van der Waals surface area (Å²) in [6.07, 6.45) is 2.49. The van der Waals surface area contributed by atoms with Crippen molar-refractivity contribution in [1.29, 1.82) is 0 Å². The Kier molecular flexibility index (Phi) is 3.94. The van der Waals surface area contributed by atoms with E-state index in [0.29, 0.717) is 18.0 Å². The molecule has 4 heteroatoms. The number of hydrogen-bond donors (Lipinski definition) is 1. The van der Waals surface area contributed by atoms with Crippen LogP contribution in [-0.4, -0.2) is 23.3 Å². The summed E-state index contributed by atoms with van der Waals surface area (Å²) in [7, 11) is 0. The van der Waals surface area contributed by atoms with Crippen LogP contribution < -0.4 is 5.32 Å². The summed E-state index contributed by atoms with van der Waals surface area (Å²) in [5.41, 5.74) is 1.49. The highest BCUT2D eigenvalue weighted by atomic mass is 35.5. The maximum Gasteiger partial charge on any atom is 0.251 e. The van der Waals surface area contributed by atoms with Gasteiger partial charge in [-0.25, -0.2) is 0 Å². The van der Waals surface area contributed by atoms with Gasteiger partial charge in [-0.05, 0) is 24.6 Å². The molecule has 0 radical (unpaired) electrons. The number of carbonyl (C=O) groups is 1. The van der Waals surface area contributed by atoms with Crippen molar-refractivity contribution in [2.75, 3.05) is 12.4 Å². The van der Waals surface area contributed by atoms with Crippen LogP contribution in [0.5, 0.6) is 0 Å². The Bertz CT molecular complexity index is 522. The number of halogens is 1. The minimum absolute atomic E-state index is 0.0753. The molecule has 3 nitrogen and oxygen atoms in total. The van der Waals surface area contributed by atoms with Crippen LogP contribution in [0.2, 0.25) is 0 Å². The fraction of sp³-hybridized carbons (Fsp3) is 0.231. The van der Waals surface area contributed by atoms with Crippen molar-refractivity contribution in [2.24, 2.45) is 0 Å². The van der Waals surface area contributed by atoms with Gasteiger partial charge in [0.25, 0.3) is 5.91 Å². The second kappa shape index (κ2) is 5.64. The van der Waals surface area contributed by atoms with Crippen LogP contribution in [0.1, 0.15) is 16.8 Å². The van der Waals surface area contributed by atoms with Gasteiger partial charge in [-0.15, -0.1) is 11.6 Å². The normalized spacial score (nSPS) is 10.4. The Labute approximate surface area is 105 Å². The summed E-state index contributed by atoms with van der Waals surface area (Å²) < 4.78 is 0. The van der Waals surface area contributed by atoms with Crippen molar-refractivity contribution < 1.29 is 4.79 Å². The number of aromatic nitrogens is 1. The lowest BCUT2D eigenvalue weighted by Crippen LogP contribution is -2.24. The van der Waals surface area contributed by atoms with Gasteiger partial charge >= 0.3 is 0 Å². The third-order valence-electron chi connectivity index (χ3n) is 2.49. The fourth-order valence-electron chi connectivity index (χ4n) is 1.67. The molecule has 1 aromatic heterocycles. The first-order valence-corrected chi connectivity index (χ1v) is 6.04. The molecule has 0 aliphatic carbocycles. The first kappa shape index (κ1) is 11.9. The van der Waals surface area contributed by atoms with E-state index in [4.69, 9.17) is 11.6 Å². The standard InChI is InChI=1S/C13H13ClN2O/c14-7-3-9-16-13(17)11-4-1-6-12-10(11)5-2-8-15-12/h1-2,4-6,8H,3,7,9H2,(H,16,17). The molecule has 0 atom stereocenters. The fourth-order valence-corrected chi connectivity index (χ4v) is 1.80. The zero-order chi connectivity index (χ0) is 12.1. The van der Waals surface area contributed by atoms with Crippen molar-refractivity contribution in [3.63, 3.8) is 0 Å². The summed E-state index contributed by atoms with van der Waals surface area (Å²) in [4.78, 5) is 16.2. The molecule has 1 N–H and O–H groups in total. The number of amides is 1. The maximum atomic E-state index is 12.0. The number of fused-ring (bicyclic) bond motifs is 1. The Hall–Kier alpha value is -1.61. The van der Waals surface area contributed by atoms with Crippen molar-refractivity contribution >= 4 is 28.4 Å². The highest BCUT2D eigenvalue weighted by Gasteiger charge is 2.08. The van der Waals surface area contributed by atoms with Gasteiger partial charge in [0.2, 0.25) is 0 Å². The van der Waals surface area contributed by atoms with Crippen LogP contribution >= 0.6 is 11.6 Å². The highest BCUT2D eigenvalue weighted by Crippen LogP contribution is 2.16. The molecule has 1 aromatic carbocycles. The smallest absolute Gasteiger partial charge is 0.251 e. The molecule has 0 unspecified atom stereocenters. The summed E-state index contributed by atoms with van der Waals surface area (Å²) in [6, 6.07) is 9.27. The molecule has 2 rings (SSSR count). The Morgan fingerprint density at radius 3 is 3.00 bits per heavy atom. The number of alkyl halides is 1. The van der Waals surface area contributed by atoms with Gasteiger partial charge < -0.3 is 5.32 Å². The van der Waals surface area contributed by atoms with Crippen LogP contribution in [0, 0.1) is 0 Å². The highest BCUT2D eigenvalue weighted by molar-refractivity contribution is 6.17. The van der Waals surface area contributed by atoms with E-state index < -0.39 is 0 Å². The summed E-state index contributed by atoms with van der Waals surface area (Å²) >= 11 is 5.56. The van der Waals surface area contributed by atoms with Crippen molar-refractivity contribution in [3.8, 4) is 0 Å². The molecular formula is C13H13ClN2O. The molecule has 0 aliphatic rings. The average molecular weight is 249 g/mol. The maximum absolute atomic E-state index is 12.0. The predicted octanol–water partition coefficient (Wildman–Crippen LogP) is 2.59. The van der Waals surface area contributed by atoms with E-state index in [9.17, 15) is 4.79 Å². The molecule has 0 saturated heterocycles. The number of pyridine rings is 1. The van der Waals surface area contributed by atoms with Crippen molar-refractivity contribution in [2.45, 2.75) is 6.42 Å². The van der Waals surface area contributed by atoms with E-state index in [1.54, 1.807) is 12.3 Å². The second-order valence-electron chi connectivity index (χ2n) is 3.67. The molecule has 0 fully saturated rings. The third kappa shape index (κ3) is 2.74. The van der Waals surface area contributed by atoms with Crippen molar-refractivity contribution in [1.82, 2.24) is 10.3 Å². The van der Waals surface area contributed by atoms with Gasteiger partial charge in [-0.1, -0.05) is 12.1 Å². The summed E-state index contributed by atoms with van der Waals surface area (Å²) in [5.74, 6) is 0.478. The molecule has 0 saturated carbocycles. The van der Waals surface area contributed by atoms with E-state index >= 15 is 0 Å². The van der Waals surface area contributed by atoms with Crippen LogP contribution in [0.25, 0.3) is 10.9 Å². The first-order valence-electron chi connectivity index (χ1n) is 5.51. The van der Waals surface area contributed by atoms with E-state index in [1.807, 2.05) is 24.3 Å². The lowest BCUT2D eigenvalue weighted by Gasteiger charge is -2.06. The SMILES string of the molecule is O=C(NCCCCl)c1cccc2ncccc12. The van der Waals surface area contributed by atoms with Gasteiger partial charge in [0, 0.05) is 29.6 Å². The molecule has 1 heterocycles. The summed E-state index contributed by atoms with van der Waals surface area (Å²) in [5, 5.41) is 3.71. The number of nitrogens with one attached hydrogen (secondary N) is 1. The molecule has 0 aliphatic heterocycles. The Balaban J connectivity index is 2.26. The number of hydrogen-bond acceptors (Lipinski definition) is 2. The van der Waals surface area contributed by atoms with Gasteiger partial charge in [0.1, 0.15) is 0 Å². The van der Waals surface area contributed by atoms with Crippen LogP contribution in [0.4, 0.5) is 0 Å². The van der Waals surface area contributed by atoms with E-state index in [1.165, 1.54) is 0 Å². The molecule has 0 bridgehead atoms. The number of benzene rings is 1. The first-order chi connectivity index (χ1) is 8.33. The van der Waals surface area contributed by atoms with Gasteiger partial charge in [0.05, 0.1) is 5.52 Å². The van der Waals surface area contributed by atoms with E-state index in [0.717, 1.165) is 17.3 Å². The molecular weight excluding hydrogens is 236 g/mol. The minimum atomic E-state index is -0.0753. The van der Waals surface area contributed by atoms with Crippen LogP contribution in [0.3, 0.4) is 0 Å². The van der Waals surface area contributed by atoms with Crippen molar-refractivity contribution in [3.05, 3.63) is 42.1 Å². The molecule has 17 heavy (non-hydrogen) atoms. The Morgan fingerprint density at radius 1 is 1.29 bits per heavy atom.